The third kappa shape index (κ3) is 8.31. The Kier molecular flexibility index (Phi) is 9.78. The highest BCUT2D eigenvalue weighted by Crippen LogP contribution is 2.31. The summed E-state index contributed by atoms with van der Waals surface area (Å²) in [6, 6.07) is 14.6. The molecule has 0 saturated heterocycles. The van der Waals surface area contributed by atoms with Crippen molar-refractivity contribution in [2.75, 3.05) is 11.1 Å². The molecule has 0 bridgehead atoms. The summed E-state index contributed by atoms with van der Waals surface area (Å²) in [5.74, 6) is 1.33. The van der Waals surface area contributed by atoms with Crippen LogP contribution in [0, 0.1) is 11.8 Å². The van der Waals surface area contributed by atoms with Crippen molar-refractivity contribution in [1.82, 2.24) is 58.4 Å². The highest BCUT2D eigenvalue weighted by Gasteiger charge is 2.30. The number of carbonyl (C=O) groups is 2. The fourth-order valence-corrected chi connectivity index (χ4v) is 6.91. The van der Waals surface area contributed by atoms with Crippen molar-refractivity contribution in [3.8, 4) is 0 Å². The first-order chi connectivity index (χ1) is 25.6. The van der Waals surface area contributed by atoms with E-state index < -0.39 is 0 Å². The van der Waals surface area contributed by atoms with E-state index in [4.69, 9.17) is 40.5 Å². The third-order valence-electron chi connectivity index (χ3n) is 7.77. The van der Waals surface area contributed by atoms with Gasteiger partial charge in [-0.25, -0.2) is 19.0 Å². The van der Waals surface area contributed by atoms with E-state index in [0.29, 0.717) is 48.9 Å². The summed E-state index contributed by atoms with van der Waals surface area (Å²) in [5.41, 5.74) is 8.45. The summed E-state index contributed by atoms with van der Waals surface area (Å²) in [4.78, 5) is 30.3. The Morgan fingerprint density at radius 3 is 1.68 bits per heavy atom. The minimum Gasteiger partial charge on any atom is -0.382 e. The second kappa shape index (κ2) is 14.8. The van der Waals surface area contributed by atoms with Gasteiger partial charge in [0.2, 0.25) is 21.5 Å². The molecule has 0 unspecified atom stereocenters. The summed E-state index contributed by atoms with van der Waals surface area (Å²) in [5, 5.41) is 32.2. The van der Waals surface area contributed by atoms with Crippen LogP contribution in [0.15, 0.2) is 93.7 Å². The molecule has 0 aromatic carbocycles. The number of anilines is 2. The zero-order chi connectivity index (χ0) is 36.6. The zero-order valence-electron chi connectivity index (χ0n) is 27.1. The number of hydrogen-bond acceptors (Lipinski definition) is 13. The van der Waals surface area contributed by atoms with Crippen molar-refractivity contribution in [2.45, 2.75) is 46.0 Å². The molecule has 53 heavy (non-hydrogen) atoms. The van der Waals surface area contributed by atoms with E-state index in [1.807, 2.05) is 39.1 Å². The first-order valence-electron chi connectivity index (χ1n) is 16.0. The molecule has 2 aliphatic carbocycles. The van der Waals surface area contributed by atoms with Crippen LogP contribution in [0.2, 0.25) is 10.0 Å². The van der Waals surface area contributed by atoms with Crippen LogP contribution in [0.3, 0.4) is 0 Å². The van der Waals surface area contributed by atoms with Gasteiger partial charge in [-0.1, -0.05) is 23.2 Å². The first-order valence-corrected chi connectivity index (χ1v) is 18.8. The van der Waals surface area contributed by atoms with Gasteiger partial charge < -0.3 is 11.1 Å². The lowest BCUT2D eigenvalue weighted by atomic mass is 10.4. The summed E-state index contributed by atoms with van der Waals surface area (Å²) in [6.45, 7) is 0. The molecule has 10 rings (SSSR count). The molecule has 8 heterocycles. The van der Waals surface area contributed by atoms with Crippen molar-refractivity contribution in [3.63, 3.8) is 0 Å². The topological polar surface area (TPSA) is 193 Å². The number of nitrogen functional groups attached to an aromatic ring is 1. The maximum Gasteiger partial charge on any atom is 0.228 e. The van der Waals surface area contributed by atoms with Gasteiger partial charge in [-0.3, -0.25) is 18.4 Å². The van der Waals surface area contributed by atoms with Crippen molar-refractivity contribution < 1.29 is 9.59 Å². The van der Waals surface area contributed by atoms with E-state index in [1.165, 1.54) is 23.5 Å². The Morgan fingerprint density at radius 1 is 0.660 bits per heavy atom. The van der Waals surface area contributed by atoms with Crippen LogP contribution in [0.4, 0.5) is 11.6 Å². The Balaban J connectivity index is 0.000000133. The fourth-order valence-electron chi connectivity index (χ4n) is 4.81. The van der Waals surface area contributed by atoms with Crippen LogP contribution in [-0.4, -0.2) is 69.5 Å². The average Bonchev–Trinajstić information content (AvgIpc) is 4.03. The number of pyridine rings is 2. The number of aromatic nitrogens is 12. The molecule has 8 aromatic heterocycles. The maximum absolute atomic E-state index is 11.9. The molecule has 8 aromatic rings. The molecule has 21 heteroatoms. The molecule has 0 spiro atoms. The maximum atomic E-state index is 11.9. The smallest absolute Gasteiger partial charge is 0.228 e. The van der Waals surface area contributed by atoms with Gasteiger partial charge in [-0.2, -0.15) is 10.2 Å². The average molecular weight is 808 g/mol. The number of carbonyl (C=O) groups excluding carboxylic acids is 2. The Morgan fingerprint density at radius 2 is 1.17 bits per heavy atom. The SMILES string of the molecule is Nc1cn2nc(Sc3nnc4ccc(Cl)cn34)ccc2n1.O=C(Cl)C1CC1.O=C(Nc1cn2nc(Sc3nnc4ccc(Cl)cn34)ccc2n1)C1CC1. The zero-order valence-corrected chi connectivity index (χ0v) is 31.0. The molecule has 2 aliphatic rings. The molecule has 268 valence electrons. The van der Waals surface area contributed by atoms with E-state index in [-0.39, 0.29) is 23.0 Å². The number of nitrogens with zero attached hydrogens (tertiary/aromatic N) is 12. The number of rotatable bonds is 7. The summed E-state index contributed by atoms with van der Waals surface area (Å²) in [7, 11) is 0. The van der Waals surface area contributed by atoms with Crippen LogP contribution in [-0.2, 0) is 9.59 Å². The van der Waals surface area contributed by atoms with Crippen molar-refractivity contribution in [1.29, 1.82) is 0 Å². The van der Waals surface area contributed by atoms with Gasteiger partial charge >= 0.3 is 0 Å². The minimum absolute atomic E-state index is 0.0230. The fraction of sp³-hybridized carbons (Fsp3) is 0.188. The third-order valence-corrected chi connectivity index (χ3v) is 10.3. The van der Waals surface area contributed by atoms with Crippen LogP contribution in [0.5, 0.6) is 0 Å². The van der Waals surface area contributed by atoms with Gasteiger partial charge in [0.15, 0.2) is 28.4 Å². The molecule has 0 atom stereocenters. The van der Waals surface area contributed by atoms with Crippen molar-refractivity contribution in [2.24, 2.45) is 11.8 Å². The molecule has 2 fully saturated rings. The van der Waals surface area contributed by atoms with Crippen LogP contribution in [0.25, 0.3) is 22.6 Å². The number of amides is 1. The van der Waals surface area contributed by atoms with Gasteiger partial charge in [-0.05, 0) is 109 Å². The predicted molar refractivity (Wildman–Crippen MR) is 200 cm³/mol. The standard InChI is InChI=1S/C16H12ClN7OS.C12H8ClN7S.C4H5ClO/c17-10-3-4-13-20-21-16(23(13)7-10)26-14-6-5-12-18-11(8-24(12)22-14)19-15(25)9-1-2-9;13-7-1-2-10-16-17-12(19(10)5-7)21-11-4-3-9-15-8(14)6-20(9)18-11;5-4(6)3-1-2-3/h3-9H,1-2H2,(H,19,25);1-6H,14H2;3H,1-2H2. The molecule has 0 radical (unpaired) electrons. The Labute approximate surface area is 322 Å². The van der Waals surface area contributed by atoms with E-state index in [1.54, 1.807) is 52.0 Å². The summed E-state index contributed by atoms with van der Waals surface area (Å²) in [6.07, 6.45) is 10.8. The Bertz CT molecular complexity index is 2650. The molecule has 16 nitrogen and oxygen atoms in total. The lowest BCUT2D eigenvalue weighted by Crippen LogP contribution is -2.13. The molecule has 3 N–H and O–H groups in total. The first kappa shape index (κ1) is 35.0. The van der Waals surface area contributed by atoms with Gasteiger partial charge in [0.05, 0.1) is 22.4 Å². The van der Waals surface area contributed by atoms with Gasteiger partial charge in [-0.15, -0.1) is 20.4 Å². The molecule has 2 saturated carbocycles. The summed E-state index contributed by atoms with van der Waals surface area (Å²) < 4.78 is 6.91. The number of halogens is 3. The monoisotopic (exact) mass is 806 g/mol. The lowest BCUT2D eigenvalue weighted by Gasteiger charge is -2.00. The predicted octanol–water partition coefficient (Wildman–Crippen LogP) is 6.25. The minimum atomic E-state index is -0.157. The normalized spacial score (nSPS) is 13.9. The molecular weight excluding hydrogens is 783 g/mol. The lowest BCUT2D eigenvalue weighted by molar-refractivity contribution is -0.117. The molecule has 0 aliphatic heterocycles. The Hall–Kier alpha value is -5.01. The van der Waals surface area contributed by atoms with Gasteiger partial charge in [0, 0.05) is 24.2 Å². The number of imidazole rings is 2. The van der Waals surface area contributed by atoms with E-state index in [0.717, 1.165) is 41.4 Å². The van der Waals surface area contributed by atoms with E-state index >= 15 is 0 Å². The highest BCUT2D eigenvalue weighted by atomic mass is 35.5. The number of hydrogen-bond donors (Lipinski definition) is 2. The number of nitrogens with two attached hydrogens (primary N) is 1. The molecule has 1 amide bonds. The molecular formula is C32H25Cl3N14O2S2. The van der Waals surface area contributed by atoms with Crippen LogP contribution < -0.4 is 11.1 Å². The van der Waals surface area contributed by atoms with Gasteiger partial charge in [0.25, 0.3) is 0 Å². The van der Waals surface area contributed by atoms with E-state index in [9.17, 15) is 9.59 Å². The number of fused-ring (bicyclic) bond motifs is 4. The highest BCUT2D eigenvalue weighted by molar-refractivity contribution is 7.99. The van der Waals surface area contributed by atoms with Crippen molar-refractivity contribution >= 4 is 104 Å². The van der Waals surface area contributed by atoms with Crippen LogP contribution in [0.1, 0.15) is 25.7 Å². The number of nitrogens with one attached hydrogen (secondary N) is 1. The van der Waals surface area contributed by atoms with Gasteiger partial charge in [0.1, 0.15) is 15.9 Å². The van der Waals surface area contributed by atoms with Crippen molar-refractivity contribution in [3.05, 3.63) is 83.4 Å². The second-order valence-electron chi connectivity index (χ2n) is 11.9. The quantitative estimate of drug-likeness (QED) is 0.172. The largest absolute Gasteiger partial charge is 0.382 e. The summed E-state index contributed by atoms with van der Waals surface area (Å²) >= 11 is 19.8. The van der Waals surface area contributed by atoms with Crippen LogP contribution >= 0.6 is 58.3 Å². The second-order valence-corrected chi connectivity index (χ2v) is 15.1. The van der Waals surface area contributed by atoms with E-state index in [2.05, 4.69) is 45.9 Å².